The first-order valence-corrected chi connectivity index (χ1v) is 6.87. The fourth-order valence-electron chi connectivity index (χ4n) is 2.59. The molecule has 2 aromatic carbocycles. The third-order valence-corrected chi connectivity index (χ3v) is 3.61. The Labute approximate surface area is 114 Å². The Kier molecular flexibility index (Phi) is 3.64. The van der Waals surface area contributed by atoms with Crippen molar-refractivity contribution < 1.29 is 4.74 Å². The molecule has 2 aromatic rings. The van der Waals surface area contributed by atoms with E-state index < -0.39 is 0 Å². The van der Waals surface area contributed by atoms with Gasteiger partial charge in [-0.15, -0.1) is 0 Å². The summed E-state index contributed by atoms with van der Waals surface area (Å²) >= 11 is 0. The summed E-state index contributed by atoms with van der Waals surface area (Å²) in [6, 6.07) is 18.9. The maximum atomic E-state index is 5.69. The van der Waals surface area contributed by atoms with Crippen LogP contribution in [0.25, 0.3) is 6.08 Å². The van der Waals surface area contributed by atoms with Gasteiger partial charge < -0.3 is 4.74 Å². The minimum atomic E-state index is 0.588. The van der Waals surface area contributed by atoms with E-state index in [2.05, 4.69) is 54.6 Å². The van der Waals surface area contributed by atoms with E-state index in [0.29, 0.717) is 5.92 Å². The predicted octanol–water partition coefficient (Wildman–Crippen LogP) is 4.66. The second-order valence-electron chi connectivity index (χ2n) is 4.92. The first-order valence-electron chi connectivity index (χ1n) is 6.87. The Morgan fingerprint density at radius 3 is 2.68 bits per heavy atom. The summed E-state index contributed by atoms with van der Waals surface area (Å²) in [5.74, 6) is 1.65. The number of benzene rings is 2. The lowest BCUT2D eigenvalue weighted by atomic mass is 9.90. The van der Waals surface area contributed by atoms with Gasteiger partial charge in [0.2, 0.25) is 0 Å². The van der Waals surface area contributed by atoms with E-state index in [1.54, 1.807) is 0 Å². The normalized spacial score (nSPS) is 18.0. The molecule has 0 saturated carbocycles. The van der Waals surface area contributed by atoms with Crippen LogP contribution in [0.4, 0.5) is 0 Å². The fourth-order valence-corrected chi connectivity index (χ4v) is 2.59. The van der Waals surface area contributed by atoms with Crippen molar-refractivity contribution in [1.29, 1.82) is 0 Å². The summed E-state index contributed by atoms with van der Waals surface area (Å²) in [7, 11) is 0. The fraction of sp³-hybridized carbons (Fsp3) is 0.222. The predicted molar refractivity (Wildman–Crippen MR) is 79.4 cm³/mol. The molecule has 1 heterocycles. The van der Waals surface area contributed by atoms with Gasteiger partial charge >= 0.3 is 0 Å². The van der Waals surface area contributed by atoms with Gasteiger partial charge in [0.05, 0.1) is 6.61 Å². The topological polar surface area (TPSA) is 9.23 Å². The number of ether oxygens (including phenoxy) is 1. The highest BCUT2D eigenvalue weighted by Crippen LogP contribution is 2.35. The number of fused-ring (bicyclic) bond motifs is 1. The highest BCUT2D eigenvalue weighted by Gasteiger charge is 2.19. The molecule has 0 N–H and O–H groups in total. The SMILES string of the molecule is C(=C\c1ccccc1)/CC1CCOc2ccccc21. The van der Waals surface area contributed by atoms with Crippen molar-refractivity contribution in [2.45, 2.75) is 18.8 Å². The molecule has 0 aliphatic carbocycles. The molecule has 96 valence electrons. The molecule has 0 radical (unpaired) electrons. The molecule has 1 unspecified atom stereocenters. The zero-order valence-corrected chi connectivity index (χ0v) is 11.0. The molecule has 1 aliphatic heterocycles. The Bertz CT molecular complexity index is 557. The van der Waals surface area contributed by atoms with Crippen LogP contribution in [0.5, 0.6) is 5.75 Å². The second kappa shape index (κ2) is 5.75. The molecular weight excluding hydrogens is 232 g/mol. The third-order valence-electron chi connectivity index (χ3n) is 3.61. The summed E-state index contributed by atoms with van der Waals surface area (Å²) in [4.78, 5) is 0. The van der Waals surface area contributed by atoms with Crippen LogP contribution in [0.1, 0.15) is 29.9 Å². The van der Waals surface area contributed by atoms with E-state index in [1.165, 1.54) is 11.1 Å². The van der Waals surface area contributed by atoms with Crippen molar-refractivity contribution in [3.63, 3.8) is 0 Å². The van der Waals surface area contributed by atoms with Crippen molar-refractivity contribution in [1.82, 2.24) is 0 Å². The average molecular weight is 250 g/mol. The molecule has 0 amide bonds. The Hall–Kier alpha value is -2.02. The lowest BCUT2D eigenvalue weighted by molar-refractivity contribution is 0.267. The van der Waals surface area contributed by atoms with Gasteiger partial charge in [-0.25, -0.2) is 0 Å². The largest absolute Gasteiger partial charge is 0.493 e. The Balaban J connectivity index is 1.70. The van der Waals surface area contributed by atoms with Crippen LogP contribution in [0.2, 0.25) is 0 Å². The van der Waals surface area contributed by atoms with Gasteiger partial charge in [0, 0.05) is 0 Å². The van der Waals surface area contributed by atoms with Crippen LogP contribution < -0.4 is 4.74 Å². The van der Waals surface area contributed by atoms with Crippen molar-refractivity contribution in [3.05, 3.63) is 71.8 Å². The quantitative estimate of drug-likeness (QED) is 0.770. The molecule has 0 saturated heterocycles. The highest BCUT2D eigenvalue weighted by molar-refractivity contribution is 5.49. The van der Waals surface area contributed by atoms with Crippen LogP contribution >= 0.6 is 0 Å². The summed E-state index contributed by atoms with van der Waals surface area (Å²) in [5.41, 5.74) is 2.62. The molecule has 19 heavy (non-hydrogen) atoms. The molecule has 0 aromatic heterocycles. The molecule has 3 rings (SSSR count). The first kappa shape index (κ1) is 12.0. The van der Waals surface area contributed by atoms with Crippen molar-refractivity contribution in [2.24, 2.45) is 0 Å². The summed E-state index contributed by atoms with van der Waals surface area (Å²) < 4.78 is 5.69. The van der Waals surface area contributed by atoms with Crippen LogP contribution in [0, 0.1) is 0 Å². The lowest BCUT2D eigenvalue weighted by Gasteiger charge is -2.24. The monoisotopic (exact) mass is 250 g/mol. The van der Waals surface area contributed by atoms with Gasteiger partial charge in [0.1, 0.15) is 5.75 Å². The average Bonchev–Trinajstić information content (AvgIpc) is 2.49. The molecule has 0 spiro atoms. The lowest BCUT2D eigenvalue weighted by Crippen LogP contribution is -2.13. The summed E-state index contributed by atoms with van der Waals surface area (Å²) in [6.07, 6.45) is 6.67. The third kappa shape index (κ3) is 2.87. The second-order valence-corrected chi connectivity index (χ2v) is 4.92. The smallest absolute Gasteiger partial charge is 0.122 e. The minimum absolute atomic E-state index is 0.588. The molecular formula is C18H18O. The first-order chi connectivity index (χ1) is 9.43. The molecule has 1 aliphatic rings. The van der Waals surface area contributed by atoms with Gasteiger partial charge in [-0.3, -0.25) is 0 Å². The summed E-state index contributed by atoms with van der Waals surface area (Å²) in [5, 5.41) is 0. The number of para-hydroxylation sites is 1. The van der Waals surface area contributed by atoms with E-state index in [-0.39, 0.29) is 0 Å². The van der Waals surface area contributed by atoms with Crippen LogP contribution in [-0.4, -0.2) is 6.61 Å². The highest BCUT2D eigenvalue weighted by atomic mass is 16.5. The number of hydrogen-bond acceptors (Lipinski definition) is 1. The van der Waals surface area contributed by atoms with E-state index >= 15 is 0 Å². The van der Waals surface area contributed by atoms with E-state index in [9.17, 15) is 0 Å². The summed E-state index contributed by atoms with van der Waals surface area (Å²) in [6.45, 7) is 0.834. The van der Waals surface area contributed by atoms with E-state index in [1.807, 2.05) is 12.1 Å². The van der Waals surface area contributed by atoms with E-state index in [0.717, 1.165) is 25.2 Å². The van der Waals surface area contributed by atoms with Gasteiger partial charge in [-0.1, -0.05) is 60.7 Å². The van der Waals surface area contributed by atoms with Gasteiger partial charge in [-0.2, -0.15) is 0 Å². The molecule has 1 atom stereocenters. The minimum Gasteiger partial charge on any atom is -0.493 e. The molecule has 1 nitrogen and oxygen atoms in total. The Morgan fingerprint density at radius 1 is 1.00 bits per heavy atom. The van der Waals surface area contributed by atoms with Gasteiger partial charge in [0.15, 0.2) is 0 Å². The standard InChI is InChI=1S/C18H18O/c1-2-7-15(8-3-1)9-6-10-16-13-14-19-18-12-5-4-11-17(16)18/h1-9,11-12,16H,10,13-14H2/b9-6+. The van der Waals surface area contributed by atoms with Crippen LogP contribution in [0.15, 0.2) is 60.7 Å². The number of hydrogen-bond donors (Lipinski definition) is 0. The Morgan fingerprint density at radius 2 is 1.79 bits per heavy atom. The maximum absolute atomic E-state index is 5.69. The number of rotatable bonds is 3. The zero-order chi connectivity index (χ0) is 12.9. The van der Waals surface area contributed by atoms with Crippen molar-refractivity contribution in [3.8, 4) is 5.75 Å². The molecule has 0 fully saturated rings. The van der Waals surface area contributed by atoms with E-state index in [4.69, 9.17) is 4.74 Å². The van der Waals surface area contributed by atoms with Crippen molar-refractivity contribution >= 4 is 6.08 Å². The van der Waals surface area contributed by atoms with Crippen LogP contribution in [-0.2, 0) is 0 Å². The van der Waals surface area contributed by atoms with Gasteiger partial charge in [0.25, 0.3) is 0 Å². The molecule has 1 heteroatoms. The zero-order valence-electron chi connectivity index (χ0n) is 11.0. The van der Waals surface area contributed by atoms with Crippen molar-refractivity contribution in [2.75, 3.05) is 6.61 Å². The molecule has 0 bridgehead atoms. The van der Waals surface area contributed by atoms with Crippen LogP contribution in [0.3, 0.4) is 0 Å². The maximum Gasteiger partial charge on any atom is 0.122 e. The number of allylic oxidation sites excluding steroid dienone is 1. The van der Waals surface area contributed by atoms with Gasteiger partial charge in [-0.05, 0) is 36.0 Å².